The fourth-order valence-corrected chi connectivity index (χ4v) is 17.1. The molecule has 0 N–H and O–H groups in total. The number of rotatable bonds is 20. The van der Waals surface area contributed by atoms with E-state index in [2.05, 4.69) is 60.7 Å². The van der Waals surface area contributed by atoms with Crippen molar-refractivity contribution < 1.29 is 27.7 Å². The quantitative estimate of drug-likeness (QED) is 0.0430. The Balaban J connectivity index is 1.38. The molecule has 0 fully saturated rings. The summed E-state index contributed by atoms with van der Waals surface area (Å²) in [4.78, 5) is 0. The zero-order valence-corrected chi connectivity index (χ0v) is 50.2. The number of ether oxygens (including phenoxy) is 2. The van der Waals surface area contributed by atoms with E-state index in [0.717, 1.165) is 77.9 Å². The van der Waals surface area contributed by atoms with Crippen LogP contribution < -0.4 is 21.2 Å². The second-order valence-electron chi connectivity index (χ2n) is 22.1. The third-order valence-corrected chi connectivity index (χ3v) is 20.2. The first-order valence-electron chi connectivity index (χ1n) is 28.1. The molecular weight excluding hydrogens is 1050 g/mol. The molecule has 10 aromatic rings. The third-order valence-electron chi connectivity index (χ3n) is 15.3. The highest BCUT2D eigenvalue weighted by Gasteiger charge is 2.57. The maximum absolute atomic E-state index is 18.0. The van der Waals surface area contributed by atoms with Crippen LogP contribution in [0, 0.1) is 55.4 Å². The Hall–Kier alpha value is -7.50. The highest BCUT2D eigenvalue weighted by molar-refractivity contribution is 7.74. The summed E-state index contributed by atoms with van der Waals surface area (Å²) in [5.74, 6) is -2.32. The SMILES string of the molecule is Cc1cc(C)cc(P(=O)(O[C@H](C)[C@](COC(c2ccccc2)(c2ccccc2)c2ccccc2)(OC(c2ccccc2)(c2ccccc2)c2ccccc2)OP(=O)(c2cc(C)cc(C)c2)c2cc(C)cc(C)c2)c2cc(C)cc(C)c2)c1. The number of hydrogen-bond acceptors (Lipinski definition) is 6. The van der Waals surface area contributed by atoms with Gasteiger partial charge in [0, 0.05) is 21.2 Å². The summed E-state index contributed by atoms with van der Waals surface area (Å²) in [5, 5.41) is 1.89. The fourth-order valence-electron chi connectivity index (χ4n) is 11.8. The third kappa shape index (κ3) is 11.6. The standard InChI is InChI=1S/C74H72O6P2/c1-53-40-54(2)45-68(44-53)81(75,69-46-55(3)41-56(4)47-69)78-61(9)72(80-82(76,70-48-57(5)42-58(6)49-70)71-50-59(7)43-60(8)51-71,79-74(65-34-22-13-23-35-65,66-36-24-14-25-37-66)67-38-26-15-27-39-67)52-77-73(62-28-16-10-17-29-62,63-30-18-11-19-31-63)64-32-20-12-21-33-64/h10-51,61H,52H2,1-9H3/t61-,72-/m1/s1. The molecule has 10 rings (SSSR count). The van der Waals surface area contributed by atoms with Gasteiger partial charge in [-0.1, -0.05) is 251 Å². The summed E-state index contributed by atoms with van der Waals surface area (Å²) in [6.07, 6.45) is -1.39. The molecular formula is C74H72O6P2. The number of benzene rings is 10. The molecule has 2 atom stereocenters. The molecule has 0 heterocycles. The Morgan fingerprint density at radius 2 is 0.561 bits per heavy atom. The van der Waals surface area contributed by atoms with Crippen molar-refractivity contribution >= 4 is 36.0 Å². The summed E-state index contributed by atoms with van der Waals surface area (Å²) in [7, 11) is -8.73. The molecule has 0 aromatic heterocycles. The van der Waals surface area contributed by atoms with E-state index < -0.39 is 44.4 Å². The molecule has 0 radical (unpaired) electrons. The molecule has 8 heteroatoms. The molecule has 0 amide bonds. The van der Waals surface area contributed by atoms with Crippen LogP contribution in [-0.4, -0.2) is 18.5 Å². The largest absolute Gasteiger partial charge is 0.355 e. The molecule has 10 aromatic carbocycles. The van der Waals surface area contributed by atoms with E-state index in [0.29, 0.717) is 21.2 Å². The summed E-state index contributed by atoms with van der Waals surface area (Å²) >= 11 is 0. The van der Waals surface area contributed by atoms with Crippen molar-refractivity contribution in [3.63, 3.8) is 0 Å². The van der Waals surface area contributed by atoms with Crippen molar-refractivity contribution in [1.82, 2.24) is 0 Å². The van der Waals surface area contributed by atoms with Crippen molar-refractivity contribution in [3.05, 3.63) is 333 Å². The van der Waals surface area contributed by atoms with Gasteiger partial charge >= 0.3 is 0 Å². The van der Waals surface area contributed by atoms with Gasteiger partial charge in [0.1, 0.15) is 23.9 Å². The van der Waals surface area contributed by atoms with Gasteiger partial charge in [0.2, 0.25) is 5.79 Å². The lowest BCUT2D eigenvalue weighted by molar-refractivity contribution is -0.293. The molecule has 0 aliphatic rings. The maximum atomic E-state index is 18.0. The molecule has 6 nitrogen and oxygen atoms in total. The van der Waals surface area contributed by atoms with Crippen LogP contribution in [0.5, 0.6) is 0 Å². The van der Waals surface area contributed by atoms with E-state index in [1.807, 2.05) is 256 Å². The average Bonchev–Trinajstić information content (AvgIpc) is 3.28. The average molecular weight is 1120 g/mol. The maximum Gasteiger partial charge on any atom is 0.263 e. The minimum atomic E-state index is -4.48. The van der Waals surface area contributed by atoms with E-state index in [4.69, 9.17) is 18.5 Å². The zero-order valence-electron chi connectivity index (χ0n) is 48.4. The van der Waals surface area contributed by atoms with Gasteiger partial charge in [0.25, 0.3) is 14.7 Å². The van der Waals surface area contributed by atoms with Gasteiger partial charge in [-0.3, -0.25) is 13.7 Å². The van der Waals surface area contributed by atoms with E-state index in [9.17, 15) is 0 Å². The fraction of sp³-hybridized carbons (Fsp3) is 0.189. The highest BCUT2D eigenvalue weighted by Crippen LogP contribution is 2.58. The Bertz CT molecular complexity index is 3520. The van der Waals surface area contributed by atoms with Crippen LogP contribution in [-0.2, 0) is 38.9 Å². The highest BCUT2D eigenvalue weighted by atomic mass is 31.2. The Labute approximate surface area is 485 Å². The van der Waals surface area contributed by atoms with E-state index in [1.165, 1.54) is 0 Å². The van der Waals surface area contributed by atoms with Gasteiger partial charge in [0.05, 0.1) is 0 Å². The smallest absolute Gasteiger partial charge is 0.263 e. The topological polar surface area (TPSA) is 71.1 Å². The van der Waals surface area contributed by atoms with Gasteiger partial charge in [-0.05, 0) is 144 Å². The van der Waals surface area contributed by atoms with Crippen molar-refractivity contribution in [1.29, 1.82) is 0 Å². The van der Waals surface area contributed by atoms with Crippen LogP contribution in [0.1, 0.15) is 84.8 Å². The van der Waals surface area contributed by atoms with Gasteiger partial charge in [-0.15, -0.1) is 0 Å². The Kier molecular flexibility index (Phi) is 17.0. The zero-order chi connectivity index (χ0) is 57.7. The van der Waals surface area contributed by atoms with Gasteiger partial charge in [0.15, 0.2) is 0 Å². The van der Waals surface area contributed by atoms with Crippen molar-refractivity contribution in [2.75, 3.05) is 6.61 Å². The molecule has 0 bridgehead atoms. The van der Waals surface area contributed by atoms with E-state index >= 15 is 9.13 Å². The molecule has 414 valence electrons. The van der Waals surface area contributed by atoms with Gasteiger partial charge in [-0.25, -0.2) is 0 Å². The lowest BCUT2D eigenvalue weighted by atomic mass is 9.79. The summed E-state index contributed by atoms with van der Waals surface area (Å²) in [6.45, 7) is 17.4. The monoisotopic (exact) mass is 1120 g/mol. The molecule has 0 spiro atoms. The minimum absolute atomic E-state index is 0.451. The number of aryl methyl sites for hydroxylation is 8. The first kappa shape index (κ1) is 57.7. The lowest BCUT2D eigenvalue weighted by Crippen LogP contribution is -2.58. The molecule has 82 heavy (non-hydrogen) atoms. The summed E-state index contributed by atoms with van der Waals surface area (Å²) in [6, 6.07) is 84.4. The summed E-state index contributed by atoms with van der Waals surface area (Å²) in [5.41, 5.74) is 8.97. The summed E-state index contributed by atoms with van der Waals surface area (Å²) < 4.78 is 67.9. The van der Waals surface area contributed by atoms with Crippen LogP contribution in [0.15, 0.2) is 255 Å². The number of hydrogen-bond donors (Lipinski definition) is 0. The van der Waals surface area contributed by atoms with E-state index in [-0.39, 0.29) is 0 Å². The first-order valence-corrected chi connectivity index (χ1v) is 31.3. The molecule has 0 saturated carbocycles. The predicted molar refractivity (Wildman–Crippen MR) is 337 cm³/mol. The molecule has 0 aliphatic heterocycles. The first-order chi connectivity index (χ1) is 39.5. The van der Waals surface area contributed by atoms with Gasteiger partial charge < -0.3 is 14.0 Å². The second-order valence-corrected chi connectivity index (χ2v) is 26.8. The second kappa shape index (κ2) is 24.1. The molecule has 0 aliphatic carbocycles. The van der Waals surface area contributed by atoms with Crippen LogP contribution in [0.2, 0.25) is 0 Å². The van der Waals surface area contributed by atoms with Crippen molar-refractivity contribution in [3.8, 4) is 0 Å². The predicted octanol–water partition coefficient (Wildman–Crippen LogP) is 16.4. The van der Waals surface area contributed by atoms with Gasteiger partial charge in [-0.2, -0.15) is 0 Å². The molecule has 0 saturated heterocycles. The minimum Gasteiger partial charge on any atom is -0.355 e. The van der Waals surface area contributed by atoms with E-state index in [1.54, 1.807) is 0 Å². The normalized spacial score (nSPS) is 13.3. The van der Waals surface area contributed by atoms with Crippen molar-refractivity contribution in [2.24, 2.45) is 0 Å². The van der Waals surface area contributed by atoms with Crippen LogP contribution >= 0.6 is 14.7 Å². The van der Waals surface area contributed by atoms with Crippen LogP contribution in [0.4, 0.5) is 0 Å². The van der Waals surface area contributed by atoms with Crippen molar-refractivity contribution in [2.45, 2.75) is 85.4 Å². The molecule has 0 unspecified atom stereocenters. The van der Waals surface area contributed by atoms with Crippen LogP contribution in [0.25, 0.3) is 0 Å². The Morgan fingerprint density at radius 3 is 0.817 bits per heavy atom. The van der Waals surface area contributed by atoms with Crippen LogP contribution in [0.3, 0.4) is 0 Å². The lowest BCUT2D eigenvalue weighted by Gasteiger charge is -2.49. The Morgan fingerprint density at radius 1 is 0.329 bits per heavy atom.